The van der Waals surface area contributed by atoms with Crippen molar-refractivity contribution in [2.45, 2.75) is 265 Å². The third-order valence-corrected chi connectivity index (χ3v) is 13.7. The number of unbranched alkanes of at least 4 members (excludes halogenated alkanes) is 19. The number of likely N-dealkylation sites (tertiary alicyclic amines) is 1. The van der Waals surface area contributed by atoms with Gasteiger partial charge in [-0.2, -0.15) is 0 Å². The fourth-order valence-corrected chi connectivity index (χ4v) is 9.42. The number of hydrogen-bond acceptors (Lipinski definition) is 6. The first kappa shape index (κ1) is 56.9. The molecule has 6 nitrogen and oxygen atoms in total. The summed E-state index contributed by atoms with van der Waals surface area (Å²) in [4.78, 5) is 27.6. The Labute approximate surface area is 374 Å². The van der Waals surface area contributed by atoms with Crippen LogP contribution in [0.1, 0.15) is 265 Å². The third-order valence-electron chi connectivity index (χ3n) is 13.7. The summed E-state index contributed by atoms with van der Waals surface area (Å²) in [7, 11) is 2.25. The zero-order chi connectivity index (χ0) is 43.6. The Morgan fingerprint density at radius 2 is 0.800 bits per heavy atom. The van der Waals surface area contributed by atoms with Crippen LogP contribution in [0.25, 0.3) is 0 Å². The maximum Gasteiger partial charge on any atom is 0.306 e. The first-order valence-corrected chi connectivity index (χ1v) is 27.0. The van der Waals surface area contributed by atoms with E-state index in [0.717, 1.165) is 44.8 Å². The zero-order valence-electron chi connectivity index (χ0n) is 41.2. The highest BCUT2D eigenvalue weighted by Gasteiger charge is 2.18. The highest BCUT2D eigenvalue weighted by atomic mass is 16.5. The van der Waals surface area contributed by atoms with Gasteiger partial charge in [-0.05, 0) is 114 Å². The van der Waals surface area contributed by atoms with Crippen molar-refractivity contribution in [3.63, 3.8) is 0 Å². The Hall–Kier alpha value is -1.14. The van der Waals surface area contributed by atoms with Gasteiger partial charge in [0.15, 0.2) is 0 Å². The van der Waals surface area contributed by atoms with Gasteiger partial charge in [0.2, 0.25) is 0 Å². The van der Waals surface area contributed by atoms with E-state index in [1.165, 1.54) is 212 Å². The summed E-state index contributed by atoms with van der Waals surface area (Å²) < 4.78 is 17.7. The van der Waals surface area contributed by atoms with Gasteiger partial charge in [-0.25, -0.2) is 0 Å². The van der Waals surface area contributed by atoms with Crippen molar-refractivity contribution in [1.82, 2.24) is 4.90 Å². The van der Waals surface area contributed by atoms with E-state index in [4.69, 9.17) is 14.2 Å². The van der Waals surface area contributed by atoms with Crippen LogP contribution < -0.4 is 0 Å². The van der Waals surface area contributed by atoms with E-state index in [1.54, 1.807) is 0 Å². The lowest BCUT2D eigenvalue weighted by molar-refractivity contribution is -0.146. The van der Waals surface area contributed by atoms with Gasteiger partial charge in [-0.15, -0.1) is 0 Å². The number of carbonyl (C=O) groups is 2. The smallest absolute Gasteiger partial charge is 0.306 e. The predicted molar refractivity (Wildman–Crippen MR) is 258 cm³/mol. The highest BCUT2D eigenvalue weighted by molar-refractivity contribution is 5.70. The van der Waals surface area contributed by atoms with Crippen molar-refractivity contribution in [3.8, 4) is 0 Å². The van der Waals surface area contributed by atoms with E-state index in [0.29, 0.717) is 43.8 Å². The third kappa shape index (κ3) is 36.4. The molecule has 6 heteroatoms. The second kappa shape index (κ2) is 43.1. The molecule has 0 spiro atoms. The lowest BCUT2D eigenvalue weighted by Crippen LogP contribution is -2.30. The van der Waals surface area contributed by atoms with Gasteiger partial charge in [-0.1, -0.05) is 182 Å². The standard InChI is InChI=1S/C54H105NO5/c1-6-10-22-33-50(34-23-11-7-2)46-53(56)59-44-29-20-16-14-18-26-37-52(48-58-43-31-28-32-49-39-41-55(5)42-40-49)38-27-19-15-17-21-30-45-60-54(57)47-51(35-24-12-8-3)36-25-13-9-4/h49-52H,6-48H2,1-5H3. The quantitative estimate of drug-likeness (QED) is 0.0449. The first-order chi connectivity index (χ1) is 29.4. The van der Waals surface area contributed by atoms with Crippen molar-refractivity contribution in [1.29, 1.82) is 0 Å². The van der Waals surface area contributed by atoms with E-state index in [9.17, 15) is 9.59 Å². The Kier molecular flexibility index (Phi) is 40.9. The van der Waals surface area contributed by atoms with Crippen LogP contribution in [0.15, 0.2) is 0 Å². The summed E-state index contributed by atoms with van der Waals surface area (Å²) >= 11 is 0. The molecule has 60 heavy (non-hydrogen) atoms. The van der Waals surface area contributed by atoms with Crippen LogP contribution in [0.4, 0.5) is 0 Å². The molecule has 0 bridgehead atoms. The second-order valence-electron chi connectivity index (χ2n) is 19.6. The molecule has 0 aromatic heterocycles. The molecular formula is C54H105NO5. The minimum absolute atomic E-state index is 0.0332. The summed E-state index contributed by atoms with van der Waals surface area (Å²) in [5.74, 6) is 2.69. The minimum atomic E-state index is 0.0332. The van der Waals surface area contributed by atoms with E-state index in [-0.39, 0.29) is 11.9 Å². The van der Waals surface area contributed by atoms with Crippen LogP contribution >= 0.6 is 0 Å². The lowest BCUT2D eigenvalue weighted by Gasteiger charge is -2.28. The van der Waals surface area contributed by atoms with Gasteiger partial charge in [0.25, 0.3) is 0 Å². The number of carbonyl (C=O) groups excluding carboxylic acids is 2. The van der Waals surface area contributed by atoms with E-state index < -0.39 is 0 Å². The van der Waals surface area contributed by atoms with Gasteiger partial charge in [-0.3, -0.25) is 9.59 Å². The van der Waals surface area contributed by atoms with Crippen LogP contribution in [0.2, 0.25) is 0 Å². The van der Waals surface area contributed by atoms with Crippen molar-refractivity contribution in [3.05, 3.63) is 0 Å². The Bertz CT molecular complexity index is 844. The number of esters is 2. The molecule has 0 unspecified atom stereocenters. The molecule has 0 saturated carbocycles. The van der Waals surface area contributed by atoms with Crippen molar-refractivity contribution < 1.29 is 23.8 Å². The number of ether oxygens (including phenoxy) is 3. The van der Waals surface area contributed by atoms with Crippen molar-refractivity contribution in [2.75, 3.05) is 46.6 Å². The Morgan fingerprint density at radius 1 is 0.450 bits per heavy atom. The van der Waals surface area contributed by atoms with Crippen LogP contribution in [-0.4, -0.2) is 63.4 Å². The molecule has 356 valence electrons. The predicted octanol–water partition coefficient (Wildman–Crippen LogP) is 16.0. The van der Waals surface area contributed by atoms with Gasteiger partial charge < -0.3 is 19.1 Å². The molecule has 1 fully saturated rings. The first-order valence-electron chi connectivity index (χ1n) is 27.0. The molecule has 1 aliphatic heterocycles. The normalized spacial score (nSPS) is 13.9. The zero-order valence-corrected chi connectivity index (χ0v) is 41.2. The van der Waals surface area contributed by atoms with Gasteiger partial charge in [0, 0.05) is 26.1 Å². The summed E-state index contributed by atoms with van der Waals surface area (Å²) in [6.07, 6.45) is 44.8. The van der Waals surface area contributed by atoms with Gasteiger partial charge in [0.05, 0.1) is 13.2 Å². The lowest BCUT2D eigenvalue weighted by atomic mass is 9.92. The van der Waals surface area contributed by atoms with Crippen LogP contribution in [0.5, 0.6) is 0 Å². The minimum Gasteiger partial charge on any atom is -0.466 e. The van der Waals surface area contributed by atoms with Crippen molar-refractivity contribution >= 4 is 11.9 Å². The van der Waals surface area contributed by atoms with E-state index >= 15 is 0 Å². The number of hydrogen-bond donors (Lipinski definition) is 0. The Morgan fingerprint density at radius 3 is 1.22 bits per heavy atom. The molecule has 0 radical (unpaired) electrons. The van der Waals surface area contributed by atoms with Crippen LogP contribution in [0, 0.1) is 23.7 Å². The van der Waals surface area contributed by atoms with Gasteiger partial charge >= 0.3 is 11.9 Å². The topological polar surface area (TPSA) is 65.1 Å². The molecule has 0 atom stereocenters. The number of piperidine rings is 1. The molecule has 1 rings (SSSR count). The van der Waals surface area contributed by atoms with Gasteiger partial charge in [0.1, 0.15) is 0 Å². The van der Waals surface area contributed by atoms with Crippen LogP contribution in [0.3, 0.4) is 0 Å². The molecule has 1 heterocycles. The monoisotopic (exact) mass is 848 g/mol. The summed E-state index contributed by atoms with van der Waals surface area (Å²) in [6.45, 7) is 14.6. The van der Waals surface area contributed by atoms with Crippen LogP contribution in [-0.2, 0) is 23.8 Å². The molecular weight excluding hydrogens is 743 g/mol. The molecule has 0 N–H and O–H groups in total. The van der Waals surface area contributed by atoms with Crippen molar-refractivity contribution in [2.24, 2.45) is 23.7 Å². The summed E-state index contributed by atoms with van der Waals surface area (Å²) in [6, 6.07) is 0. The summed E-state index contributed by atoms with van der Waals surface area (Å²) in [5.41, 5.74) is 0. The molecule has 0 amide bonds. The fourth-order valence-electron chi connectivity index (χ4n) is 9.42. The molecule has 1 saturated heterocycles. The largest absolute Gasteiger partial charge is 0.466 e. The maximum atomic E-state index is 12.6. The number of rotatable bonds is 45. The maximum absolute atomic E-state index is 12.6. The Balaban J connectivity index is 2.28. The molecule has 1 aliphatic rings. The average molecular weight is 848 g/mol. The molecule has 0 aliphatic carbocycles. The van der Waals surface area contributed by atoms with E-state index in [2.05, 4.69) is 39.6 Å². The highest BCUT2D eigenvalue weighted by Crippen LogP contribution is 2.25. The molecule has 0 aromatic carbocycles. The van der Waals surface area contributed by atoms with E-state index in [1.807, 2.05) is 0 Å². The summed E-state index contributed by atoms with van der Waals surface area (Å²) in [5, 5.41) is 0. The average Bonchev–Trinajstić information content (AvgIpc) is 3.24. The number of nitrogens with zero attached hydrogens (tertiary/aromatic N) is 1. The SMILES string of the molecule is CCCCCC(CCCCC)CC(=O)OCCCCCCCCC(CCCCCCCCOC(=O)CC(CCCCC)CCCCC)COCCCCC1CCN(C)CC1. The fraction of sp³-hybridized carbons (Fsp3) is 0.963. The second-order valence-corrected chi connectivity index (χ2v) is 19.6. The molecule has 0 aromatic rings.